The van der Waals surface area contributed by atoms with Crippen molar-refractivity contribution >= 4 is 15.9 Å². The van der Waals surface area contributed by atoms with Gasteiger partial charge in [0.05, 0.1) is 5.69 Å². The van der Waals surface area contributed by atoms with Gasteiger partial charge in [0.25, 0.3) is 10.2 Å². The maximum Gasteiger partial charge on any atom is 0.296 e. The van der Waals surface area contributed by atoms with E-state index in [4.69, 9.17) is 5.14 Å². The summed E-state index contributed by atoms with van der Waals surface area (Å²) in [5.41, 5.74) is 2.75. The average Bonchev–Trinajstić information content (AvgIpc) is 2.16. The number of hydrogen-bond donors (Lipinski definition) is 3. The van der Waals surface area contributed by atoms with Crippen molar-refractivity contribution in [3.63, 3.8) is 0 Å². The predicted octanol–water partition coefficient (Wildman–Crippen LogP) is -0.0523. The van der Waals surface area contributed by atoms with Gasteiger partial charge < -0.3 is 5.32 Å². The van der Waals surface area contributed by atoms with E-state index in [9.17, 15) is 8.42 Å². The lowest BCUT2D eigenvalue weighted by atomic mass is 9.99. The Morgan fingerprint density at radius 3 is 2.93 bits per heavy atom. The van der Waals surface area contributed by atoms with Crippen LogP contribution in [0.5, 0.6) is 0 Å². The molecule has 2 rings (SSSR count). The lowest BCUT2D eigenvalue weighted by Crippen LogP contribution is -2.27. The molecule has 0 amide bonds. The normalized spacial score (nSPS) is 15.8. The van der Waals surface area contributed by atoms with Crippen LogP contribution in [-0.4, -0.2) is 15.0 Å². The molecule has 15 heavy (non-hydrogen) atoms. The molecule has 0 aliphatic carbocycles. The second kappa shape index (κ2) is 3.80. The maximum atomic E-state index is 10.9. The van der Waals surface area contributed by atoms with E-state index < -0.39 is 10.2 Å². The molecule has 82 valence electrons. The summed E-state index contributed by atoms with van der Waals surface area (Å²) in [4.78, 5) is 0. The zero-order valence-corrected chi connectivity index (χ0v) is 8.97. The first kappa shape index (κ1) is 10.4. The van der Waals surface area contributed by atoms with Crippen molar-refractivity contribution in [2.75, 3.05) is 11.3 Å². The largest absolute Gasteiger partial charge is 0.312 e. The van der Waals surface area contributed by atoms with E-state index in [0.29, 0.717) is 5.69 Å². The summed E-state index contributed by atoms with van der Waals surface area (Å²) in [5.74, 6) is 0. The van der Waals surface area contributed by atoms with Gasteiger partial charge in [0.15, 0.2) is 0 Å². The van der Waals surface area contributed by atoms with Gasteiger partial charge in [-0.25, -0.2) is 5.14 Å². The SMILES string of the molecule is NS(=O)(=O)Nc1cccc2c1CCNC2. The Kier molecular flexibility index (Phi) is 2.64. The van der Waals surface area contributed by atoms with Crippen molar-refractivity contribution in [1.29, 1.82) is 0 Å². The van der Waals surface area contributed by atoms with Crippen molar-refractivity contribution in [3.05, 3.63) is 29.3 Å². The molecule has 5 nitrogen and oxygen atoms in total. The van der Waals surface area contributed by atoms with E-state index in [0.717, 1.165) is 30.6 Å². The zero-order chi connectivity index (χ0) is 10.9. The molecule has 1 aliphatic rings. The van der Waals surface area contributed by atoms with Crippen LogP contribution in [0.2, 0.25) is 0 Å². The highest BCUT2D eigenvalue weighted by atomic mass is 32.2. The molecule has 0 spiro atoms. The predicted molar refractivity (Wildman–Crippen MR) is 58.6 cm³/mol. The van der Waals surface area contributed by atoms with E-state index in [-0.39, 0.29) is 0 Å². The van der Waals surface area contributed by atoms with Crippen molar-refractivity contribution in [2.45, 2.75) is 13.0 Å². The molecule has 0 unspecified atom stereocenters. The molecule has 0 aromatic heterocycles. The monoisotopic (exact) mass is 227 g/mol. The molecule has 0 saturated carbocycles. The second-order valence-electron chi connectivity index (χ2n) is 3.52. The number of anilines is 1. The first-order chi connectivity index (χ1) is 7.06. The first-order valence-electron chi connectivity index (χ1n) is 4.68. The third kappa shape index (κ3) is 2.47. The summed E-state index contributed by atoms with van der Waals surface area (Å²) >= 11 is 0. The summed E-state index contributed by atoms with van der Waals surface area (Å²) in [5, 5.41) is 8.17. The summed E-state index contributed by atoms with van der Waals surface area (Å²) in [7, 11) is -3.68. The third-order valence-corrected chi connectivity index (χ3v) is 2.90. The number of rotatable bonds is 2. The number of nitrogens with two attached hydrogens (primary N) is 1. The van der Waals surface area contributed by atoms with Crippen molar-refractivity contribution in [1.82, 2.24) is 5.32 Å². The fourth-order valence-electron chi connectivity index (χ4n) is 1.78. The number of benzene rings is 1. The smallest absolute Gasteiger partial charge is 0.296 e. The molecule has 0 saturated heterocycles. The number of nitrogens with one attached hydrogen (secondary N) is 2. The fraction of sp³-hybridized carbons (Fsp3) is 0.333. The highest BCUT2D eigenvalue weighted by Gasteiger charge is 2.14. The molecular weight excluding hydrogens is 214 g/mol. The molecule has 0 atom stereocenters. The minimum Gasteiger partial charge on any atom is -0.312 e. The standard InChI is InChI=1S/C9H13N3O2S/c10-15(13,14)12-9-3-1-2-7-6-11-5-4-8(7)9/h1-3,11-12H,4-6H2,(H2,10,13,14). The van der Waals surface area contributed by atoms with Crippen LogP contribution >= 0.6 is 0 Å². The van der Waals surface area contributed by atoms with Gasteiger partial charge in [0.2, 0.25) is 0 Å². The van der Waals surface area contributed by atoms with Crippen LogP contribution in [0.4, 0.5) is 5.69 Å². The van der Waals surface area contributed by atoms with Crippen LogP contribution in [-0.2, 0) is 23.2 Å². The zero-order valence-electron chi connectivity index (χ0n) is 8.16. The van der Waals surface area contributed by atoms with Crippen LogP contribution in [0, 0.1) is 0 Å². The van der Waals surface area contributed by atoms with Gasteiger partial charge in [-0.15, -0.1) is 0 Å². The molecule has 0 bridgehead atoms. The summed E-state index contributed by atoms with van der Waals surface area (Å²) in [6.45, 7) is 1.63. The van der Waals surface area contributed by atoms with Gasteiger partial charge in [-0.1, -0.05) is 12.1 Å². The summed E-state index contributed by atoms with van der Waals surface area (Å²) in [6, 6.07) is 5.53. The lowest BCUT2D eigenvalue weighted by molar-refractivity contribution is 0.602. The summed E-state index contributed by atoms with van der Waals surface area (Å²) in [6.07, 6.45) is 0.814. The second-order valence-corrected chi connectivity index (χ2v) is 4.81. The minimum absolute atomic E-state index is 0.594. The van der Waals surface area contributed by atoms with Crippen molar-refractivity contribution in [2.24, 2.45) is 5.14 Å². The molecule has 0 fully saturated rings. The highest BCUT2D eigenvalue weighted by Crippen LogP contribution is 2.23. The quantitative estimate of drug-likeness (QED) is 0.662. The Balaban J connectivity index is 2.39. The van der Waals surface area contributed by atoms with Crippen LogP contribution in [0.3, 0.4) is 0 Å². The Hall–Kier alpha value is -1.11. The van der Waals surface area contributed by atoms with Gasteiger partial charge in [0, 0.05) is 6.54 Å². The molecule has 1 aromatic carbocycles. The molecule has 4 N–H and O–H groups in total. The minimum atomic E-state index is -3.68. The third-order valence-electron chi connectivity index (χ3n) is 2.39. The van der Waals surface area contributed by atoms with Crippen molar-refractivity contribution in [3.8, 4) is 0 Å². The molecule has 6 heteroatoms. The molecule has 1 heterocycles. The molecular formula is C9H13N3O2S. The summed E-state index contributed by atoms with van der Waals surface area (Å²) < 4.78 is 24.2. The van der Waals surface area contributed by atoms with Crippen LogP contribution in [0.15, 0.2) is 18.2 Å². The van der Waals surface area contributed by atoms with E-state index >= 15 is 0 Å². The molecule has 0 radical (unpaired) electrons. The van der Waals surface area contributed by atoms with Crippen LogP contribution < -0.4 is 15.2 Å². The lowest BCUT2D eigenvalue weighted by Gasteiger charge is -2.20. The van der Waals surface area contributed by atoms with Gasteiger partial charge >= 0.3 is 0 Å². The number of hydrogen-bond acceptors (Lipinski definition) is 3. The Morgan fingerprint density at radius 1 is 1.40 bits per heavy atom. The van der Waals surface area contributed by atoms with E-state index in [1.807, 2.05) is 12.1 Å². The first-order valence-corrected chi connectivity index (χ1v) is 6.23. The van der Waals surface area contributed by atoms with Gasteiger partial charge in [-0.2, -0.15) is 8.42 Å². The highest BCUT2D eigenvalue weighted by molar-refractivity contribution is 7.90. The molecule has 1 aromatic rings. The van der Waals surface area contributed by atoms with Crippen molar-refractivity contribution < 1.29 is 8.42 Å². The van der Waals surface area contributed by atoms with Gasteiger partial charge in [0.1, 0.15) is 0 Å². The van der Waals surface area contributed by atoms with E-state index in [1.165, 1.54) is 0 Å². The Morgan fingerprint density at radius 2 is 2.20 bits per heavy atom. The van der Waals surface area contributed by atoms with Gasteiger partial charge in [-0.3, -0.25) is 4.72 Å². The molecule has 1 aliphatic heterocycles. The van der Waals surface area contributed by atoms with E-state index in [2.05, 4.69) is 10.0 Å². The van der Waals surface area contributed by atoms with Crippen LogP contribution in [0.1, 0.15) is 11.1 Å². The van der Waals surface area contributed by atoms with Gasteiger partial charge in [-0.05, 0) is 30.2 Å². The maximum absolute atomic E-state index is 10.9. The topological polar surface area (TPSA) is 84.2 Å². The van der Waals surface area contributed by atoms with Crippen LogP contribution in [0.25, 0.3) is 0 Å². The number of fused-ring (bicyclic) bond motifs is 1. The Bertz CT molecular complexity index is 470. The van der Waals surface area contributed by atoms with E-state index in [1.54, 1.807) is 6.07 Å². The Labute approximate surface area is 88.9 Å². The average molecular weight is 227 g/mol. The fourth-order valence-corrected chi connectivity index (χ4v) is 2.28.